The zero-order chi connectivity index (χ0) is 30.1. The summed E-state index contributed by atoms with van der Waals surface area (Å²) >= 11 is 12.2. The molecule has 0 saturated carbocycles. The smallest absolute Gasteiger partial charge is 0.0342 e. The van der Waals surface area contributed by atoms with Crippen LogP contribution in [0.3, 0.4) is 0 Å². The zero-order valence-corrected chi connectivity index (χ0v) is 33.9. The summed E-state index contributed by atoms with van der Waals surface area (Å²) in [7, 11) is 0. The van der Waals surface area contributed by atoms with Crippen molar-refractivity contribution in [2.75, 3.05) is 0 Å². The minimum Gasteiger partial charge on any atom is -0.0605 e. The predicted molar refractivity (Wildman–Crippen MR) is 226 cm³/mol. The molecule has 0 aliphatic rings. The van der Waals surface area contributed by atoms with E-state index < -0.39 is 0 Å². The van der Waals surface area contributed by atoms with Gasteiger partial charge in [0, 0.05) is 17.9 Å². The van der Waals surface area contributed by atoms with E-state index in [1.54, 1.807) is 0 Å². The van der Waals surface area contributed by atoms with Crippen molar-refractivity contribution in [1.29, 1.82) is 0 Å². The highest BCUT2D eigenvalue weighted by atomic mass is 127. The van der Waals surface area contributed by atoms with E-state index in [2.05, 4.69) is 241 Å². The largest absolute Gasteiger partial charge is 0.0605 e. The molecule has 212 valence electrons. The van der Waals surface area contributed by atoms with Crippen LogP contribution in [-0.2, 0) is 6.42 Å². The molecular weight excluding hydrogens is 1090 g/mol. The highest BCUT2D eigenvalue weighted by Gasteiger charge is 2.11. The molecule has 6 aromatic carbocycles. The highest BCUT2D eigenvalue weighted by Crippen LogP contribution is 2.35. The first-order chi connectivity index (χ1) is 20.8. The Morgan fingerprint density at radius 2 is 0.837 bits per heavy atom. The fourth-order valence-electron chi connectivity index (χ4n) is 5.37. The van der Waals surface area contributed by atoms with E-state index in [0.717, 1.165) is 6.42 Å². The quantitative estimate of drug-likeness (QED) is 0.146. The summed E-state index contributed by atoms with van der Waals surface area (Å²) in [6.45, 7) is 2.22. The molecule has 0 atom stereocenters. The van der Waals surface area contributed by atoms with Crippen LogP contribution in [0.2, 0.25) is 0 Å². The van der Waals surface area contributed by atoms with Gasteiger partial charge in [-0.05, 0) is 206 Å². The van der Waals surface area contributed by atoms with E-state index in [1.165, 1.54) is 79.0 Å². The zero-order valence-electron chi connectivity index (χ0n) is 23.1. The van der Waals surface area contributed by atoms with Gasteiger partial charge >= 0.3 is 0 Å². The molecule has 0 unspecified atom stereocenters. The normalized spacial score (nSPS) is 11.1. The fraction of sp³-hybridized carbons (Fsp3) is 0.0526. The third-order valence-electron chi connectivity index (χ3n) is 7.66. The predicted octanol–water partition coefficient (Wildman–Crippen LogP) is 13.3. The van der Waals surface area contributed by atoms with Crippen molar-refractivity contribution in [1.82, 2.24) is 0 Å². The summed E-state index contributed by atoms with van der Waals surface area (Å²) in [6.07, 6.45) is 0.921. The van der Waals surface area contributed by atoms with Gasteiger partial charge in [0.25, 0.3) is 0 Å². The second-order valence-corrected chi connectivity index (χ2v) is 16.1. The van der Waals surface area contributed by atoms with E-state index in [4.69, 9.17) is 0 Å². The van der Waals surface area contributed by atoms with Gasteiger partial charge in [-0.1, -0.05) is 103 Å². The number of halogens is 5. The highest BCUT2D eigenvalue weighted by molar-refractivity contribution is 14.1. The van der Waals surface area contributed by atoms with Gasteiger partial charge in [0.1, 0.15) is 0 Å². The molecule has 0 saturated heterocycles. The summed E-state index contributed by atoms with van der Waals surface area (Å²) in [6, 6.07) is 44.8. The number of benzene rings is 6. The molecule has 0 fully saturated rings. The second-order valence-electron chi connectivity index (χ2n) is 10.5. The Kier molecular flexibility index (Phi) is 10.5. The summed E-state index contributed by atoms with van der Waals surface area (Å²) < 4.78 is 6.47. The number of hydrogen-bond donors (Lipinski definition) is 0. The van der Waals surface area contributed by atoms with Gasteiger partial charge in [-0.15, -0.1) is 0 Å². The topological polar surface area (TPSA) is 0 Å². The monoisotopic (exact) mass is 1120 g/mol. The van der Waals surface area contributed by atoms with Crippen molar-refractivity contribution in [2.45, 2.75) is 13.3 Å². The maximum absolute atomic E-state index is 2.48. The standard InChI is InChI=1S/C38H25I5/c1-23-20-28(32-4-2-6-34(39)37(32)42)16-18-30(23)26-12-8-24(9-13-26)21-25-10-14-27(15-11-25)31-19-17-29(22-36(31)41)33-5-3-7-35(40)38(33)43/h2-20,22H,21H2,1H3. The van der Waals surface area contributed by atoms with Crippen molar-refractivity contribution in [3.8, 4) is 44.5 Å². The van der Waals surface area contributed by atoms with Crippen molar-refractivity contribution in [3.05, 3.63) is 156 Å². The average molecular weight is 1120 g/mol. The lowest BCUT2D eigenvalue weighted by atomic mass is 9.94. The molecule has 0 spiro atoms. The molecule has 0 nitrogen and oxygen atoms in total. The Morgan fingerprint density at radius 3 is 1.33 bits per heavy atom. The van der Waals surface area contributed by atoms with E-state index in [9.17, 15) is 0 Å². The molecule has 0 aliphatic carbocycles. The Morgan fingerprint density at radius 1 is 0.395 bits per heavy atom. The van der Waals surface area contributed by atoms with Crippen molar-refractivity contribution < 1.29 is 0 Å². The molecule has 43 heavy (non-hydrogen) atoms. The van der Waals surface area contributed by atoms with Gasteiger partial charge in [-0.25, -0.2) is 0 Å². The third kappa shape index (κ3) is 7.20. The van der Waals surface area contributed by atoms with Crippen LogP contribution in [-0.4, -0.2) is 0 Å². The minimum atomic E-state index is 0.921. The average Bonchev–Trinajstić information content (AvgIpc) is 3.01. The molecule has 0 heterocycles. The molecule has 6 aromatic rings. The first-order valence-electron chi connectivity index (χ1n) is 13.8. The molecule has 0 aliphatic heterocycles. The lowest BCUT2D eigenvalue weighted by Crippen LogP contribution is -1.92. The van der Waals surface area contributed by atoms with E-state index in [1.807, 2.05) is 0 Å². The number of aryl methyl sites for hydroxylation is 1. The fourth-order valence-corrected chi connectivity index (χ4v) is 8.53. The molecular formula is C38H25I5. The maximum Gasteiger partial charge on any atom is 0.0342 e. The van der Waals surface area contributed by atoms with Crippen LogP contribution in [0.25, 0.3) is 44.5 Å². The molecule has 0 amide bonds. The Hall–Kier alpha value is -1.03. The molecule has 0 bridgehead atoms. The van der Waals surface area contributed by atoms with Gasteiger partial charge < -0.3 is 0 Å². The first kappa shape index (κ1) is 31.9. The summed E-state index contributed by atoms with van der Waals surface area (Å²) in [5, 5.41) is 0. The van der Waals surface area contributed by atoms with Crippen LogP contribution < -0.4 is 0 Å². The summed E-state index contributed by atoms with van der Waals surface area (Å²) in [5.74, 6) is 0. The summed E-state index contributed by atoms with van der Waals surface area (Å²) in [5.41, 5.74) is 14.2. The number of rotatable bonds is 6. The molecule has 0 radical (unpaired) electrons. The van der Waals surface area contributed by atoms with Gasteiger partial charge in [0.2, 0.25) is 0 Å². The van der Waals surface area contributed by atoms with Gasteiger partial charge in [0.05, 0.1) is 0 Å². The van der Waals surface area contributed by atoms with Gasteiger partial charge in [0.15, 0.2) is 0 Å². The third-order valence-corrected chi connectivity index (χ3v) is 14.7. The number of hydrogen-bond acceptors (Lipinski definition) is 0. The molecule has 6 rings (SSSR count). The van der Waals surface area contributed by atoms with Crippen LogP contribution >= 0.6 is 113 Å². The van der Waals surface area contributed by atoms with Crippen LogP contribution in [0.4, 0.5) is 0 Å². The summed E-state index contributed by atoms with van der Waals surface area (Å²) in [4.78, 5) is 0. The van der Waals surface area contributed by atoms with Gasteiger partial charge in [-0.2, -0.15) is 0 Å². The van der Waals surface area contributed by atoms with Gasteiger partial charge in [-0.3, -0.25) is 0 Å². The van der Waals surface area contributed by atoms with E-state index >= 15 is 0 Å². The minimum absolute atomic E-state index is 0.921. The van der Waals surface area contributed by atoms with Crippen molar-refractivity contribution in [2.24, 2.45) is 0 Å². The molecule has 0 aromatic heterocycles. The molecule has 5 heteroatoms. The Labute approximate surface area is 322 Å². The van der Waals surface area contributed by atoms with Crippen LogP contribution in [0.5, 0.6) is 0 Å². The lowest BCUT2D eigenvalue weighted by molar-refractivity contribution is 1.19. The van der Waals surface area contributed by atoms with E-state index in [0.29, 0.717) is 0 Å². The van der Waals surface area contributed by atoms with Crippen LogP contribution in [0, 0.1) is 24.8 Å². The first-order valence-corrected chi connectivity index (χ1v) is 19.2. The molecule has 0 N–H and O–H groups in total. The Balaban J connectivity index is 1.16. The van der Waals surface area contributed by atoms with Crippen LogP contribution in [0.15, 0.2) is 121 Å². The van der Waals surface area contributed by atoms with Crippen LogP contribution in [0.1, 0.15) is 16.7 Å². The maximum atomic E-state index is 2.48. The van der Waals surface area contributed by atoms with Crippen molar-refractivity contribution >= 4 is 113 Å². The van der Waals surface area contributed by atoms with Crippen molar-refractivity contribution in [3.63, 3.8) is 0 Å². The SMILES string of the molecule is Cc1cc(-c2cccc(I)c2I)ccc1-c1ccc(Cc2ccc(-c3ccc(-c4cccc(I)c4I)cc3I)cc2)cc1. The van der Waals surface area contributed by atoms with E-state index in [-0.39, 0.29) is 0 Å². The second kappa shape index (κ2) is 14.2. The lowest BCUT2D eigenvalue weighted by Gasteiger charge is -2.12. The Bertz CT molecular complexity index is 1800.